The van der Waals surface area contributed by atoms with Crippen LogP contribution in [0.5, 0.6) is 0 Å². The topological polar surface area (TPSA) is 9.23 Å². The first-order valence-electron chi connectivity index (χ1n) is 5.89. The van der Waals surface area contributed by atoms with Crippen molar-refractivity contribution in [3.05, 3.63) is 47.7 Å². The van der Waals surface area contributed by atoms with Crippen LogP contribution in [-0.4, -0.2) is 8.32 Å². The summed E-state index contributed by atoms with van der Waals surface area (Å²) in [4.78, 5) is 0. The third kappa shape index (κ3) is 5.17. The van der Waals surface area contributed by atoms with Crippen molar-refractivity contribution in [1.82, 2.24) is 0 Å². The third-order valence-corrected chi connectivity index (χ3v) is 3.14. The summed E-state index contributed by atoms with van der Waals surface area (Å²) in [5.74, 6) is 1.14. The molecule has 88 valence electrons. The standard InChI is InChI=1S/C14H22OSi/c1-5-14(15-16(2,3)4)12-11-13-9-7-6-8-10-13/h5-10H,11-12H2,1-4H3/b14-5-. The second-order valence-electron chi connectivity index (χ2n) is 4.96. The van der Waals surface area contributed by atoms with Gasteiger partial charge in [0.1, 0.15) is 0 Å². The van der Waals surface area contributed by atoms with Crippen LogP contribution in [0.1, 0.15) is 18.9 Å². The smallest absolute Gasteiger partial charge is 0.241 e. The zero-order chi connectivity index (χ0) is 12.0. The Labute approximate surface area is 100 Å². The molecule has 0 bridgehead atoms. The Morgan fingerprint density at radius 3 is 2.31 bits per heavy atom. The highest BCUT2D eigenvalue weighted by atomic mass is 28.4. The Balaban J connectivity index is 2.48. The van der Waals surface area contributed by atoms with Gasteiger partial charge in [0.2, 0.25) is 8.32 Å². The van der Waals surface area contributed by atoms with Gasteiger partial charge < -0.3 is 4.43 Å². The van der Waals surface area contributed by atoms with Gasteiger partial charge >= 0.3 is 0 Å². The van der Waals surface area contributed by atoms with E-state index in [1.807, 2.05) is 0 Å². The summed E-state index contributed by atoms with van der Waals surface area (Å²) >= 11 is 0. The molecule has 0 heterocycles. The Hall–Kier alpha value is -1.02. The Bertz CT molecular complexity index is 336. The number of hydrogen-bond acceptors (Lipinski definition) is 1. The molecule has 0 unspecified atom stereocenters. The Morgan fingerprint density at radius 2 is 1.81 bits per heavy atom. The van der Waals surface area contributed by atoms with E-state index in [0.717, 1.165) is 18.6 Å². The second-order valence-corrected chi connectivity index (χ2v) is 9.38. The molecule has 0 spiro atoms. The maximum atomic E-state index is 6.01. The molecule has 1 nitrogen and oxygen atoms in total. The number of aryl methyl sites for hydroxylation is 1. The molecular formula is C14H22OSi. The lowest BCUT2D eigenvalue weighted by Crippen LogP contribution is -2.24. The SMILES string of the molecule is C/C=C(/CCc1ccccc1)O[Si](C)(C)C. The maximum absolute atomic E-state index is 6.01. The fourth-order valence-corrected chi connectivity index (χ4v) is 2.57. The molecule has 0 saturated heterocycles. The van der Waals surface area contributed by atoms with Crippen LogP contribution in [-0.2, 0) is 10.8 Å². The highest BCUT2D eigenvalue weighted by Crippen LogP contribution is 2.16. The van der Waals surface area contributed by atoms with E-state index in [2.05, 4.69) is 63.0 Å². The monoisotopic (exact) mass is 234 g/mol. The first-order chi connectivity index (χ1) is 7.51. The summed E-state index contributed by atoms with van der Waals surface area (Å²) in [6, 6.07) is 10.6. The fourth-order valence-electron chi connectivity index (χ4n) is 1.56. The van der Waals surface area contributed by atoms with Crippen molar-refractivity contribution in [3.63, 3.8) is 0 Å². The van der Waals surface area contributed by atoms with Crippen LogP contribution in [0.15, 0.2) is 42.2 Å². The molecule has 0 saturated carbocycles. The van der Waals surface area contributed by atoms with Crippen LogP contribution in [0, 0.1) is 0 Å². The van der Waals surface area contributed by atoms with Gasteiger partial charge in [0, 0.05) is 6.42 Å². The Kier molecular flexibility index (Phi) is 4.81. The van der Waals surface area contributed by atoms with Crippen LogP contribution in [0.25, 0.3) is 0 Å². The summed E-state index contributed by atoms with van der Waals surface area (Å²) in [7, 11) is -1.45. The van der Waals surface area contributed by atoms with Gasteiger partial charge in [-0.3, -0.25) is 0 Å². The van der Waals surface area contributed by atoms with E-state index in [0.29, 0.717) is 0 Å². The van der Waals surface area contributed by atoms with E-state index >= 15 is 0 Å². The molecule has 0 N–H and O–H groups in total. The molecule has 0 fully saturated rings. The van der Waals surface area contributed by atoms with E-state index in [-0.39, 0.29) is 0 Å². The van der Waals surface area contributed by atoms with Gasteiger partial charge in [-0.25, -0.2) is 0 Å². The molecule has 0 atom stereocenters. The summed E-state index contributed by atoms with van der Waals surface area (Å²) in [6.07, 6.45) is 4.16. The highest BCUT2D eigenvalue weighted by molar-refractivity contribution is 6.70. The average molecular weight is 234 g/mol. The minimum atomic E-state index is -1.45. The zero-order valence-electron chi connectivity index (χ0n) is 10.8. The van der Waals surface area contributed by atoms with E-state index in [9.17, 15) is 0 Å². The van der Waals surface area contributed by atoms with Gasteiger partial charge in [0.05, 0.1) is 5.76 Å². The van der Waals surface area contributed by atoms with Crippen LogP contribution in [0.3, 0.4) is 0 Å². The van der Waals surface area contributed by atoms with E-state index in [4.69, 9.17) is 4.43 Å². The van der Waals surface area contributed by atoms with Gasteiger partial charge in [-0.15, -0.1) is 0 Å². The quantitative estimate of drug-likeness (QED) is 0.543. The van der Waals surface area contributed by atoms with Crippen molar-refractivity contribution in [1.29, 1.82) is 0 Å². The fraction of sp³-hybridized carbons (Fsp3) is 0.429. The van der Waals surface area contributed by atoms with Gasteiger partial charge in [-0.1, -0.05) is 36.4 Å². The molecule has 16 heavy (non-hydrogen) atoms. The lowest BCUT2D eigenvalue weighted by atomic mass is 10.1. The minimum absolute atomic E-state index is 1.00. The molecular weight excluding hydrogens is 212 g/mol. The van der Waals surface area contributed by atoms with Gasteiger partial charge in [0.25, 0.3) is 0 Å². The average Bonchev–Trinajstić information content (AvgIpc) is 2.24. The normalized spacial score (nSPS) is 12.6. The molecule has 1 aromatic rings. The molecule has 0 aliphatic carbocycles. The number of rotatable bonds is 5. The number of benzene rings is 1. The van der Waals surface area contributed by atoms with Crippen molar-refractivity contribution in [2.24, 2.45) is 0 Å². The largest absolute Gasteiger partial charge is 0.548 e. The second kappa shape index (κ2) is 5.90. The third-order valence-electron chi connectivity index (χ3n) is 2.26. The van der Waals surface area contributed by atoms with Crippen molar-refractivity contribution < 1.29 is 4.43 Å². The number of hydrogen-bond donors (Lipinski definition) is 0. The van der Waals surface area contributed by atoms with Gasteiger partial charge in [-0.2, -0.15) is 0 Å². The first kappa shape index (κ1) is 13.0. The Morgan fingerprint density at radius 1 is 1.19 bits per heavy atom. The van der Waals surface area contributed by atoms with Crippen molar-refractivity contribution in [2.75, 3.05) is 0 Å². The number of allylic oxidation sites excluding steroid dienone is 2. The van der Waals surface area contributed by atoms with E-state index in [1.165, 1.54) is 5.56 Å². The highest BCUT2D eigenvalue weighted by Gasteiger charge is 2.16. The molecule has 0 aliphatic rings. The lowest BCUT2D eigenvalue weighted by molar-refractivity contribution is 0.398. The molecule has 1 rings (SSSR count). The van der Waals surface area contributed by atoms with Crippen molar-refractivity contribution in [2.45, 2.75) is 39.4 Å². The first-order valence-corrected chi connectivity index (χ1v) is 9.30. The molecule has 0 aromatic heterocycles. The molecule has 2 heteroatoms. The van der Waals surface area contributed by atoms with Gasteiger partial charge in [0.15, 0.2) is 0 Å². The van der Waals surface area contributed by atoms with Gasteiger partial charge in [-0.05, 0) is 38.5 Å². The summed E-state index contributed by atoms with van der Waals surface area (Å²) in [5.41, 5.74) is 1.38. The molecule has 0 radical (unpaired) electrons. The molecule has 1 aromatic carbocycles. The predicted octanol–water partition coefficient (Wildman–Crippen LogP) is 4.37. The summed E-state index contributed by atoms with van der Waals surface area (Å²) < 4.78 is 6.01. The molecule has 0 amide bonds. The van der Waals surface area contributed by atoms with E-state index in [1.54, 1.807) is 0 Å². The lowest BCUT2D eigenvalue weighted by Gasteiger charge is -2.21. The van der Waals surface area contributed by atoms with Crippen LogP contribution in [0.4, 0.5) is 0 Å². The van der Waals surface area contributed by atoms with Crippen LogP contribution in [0.2, 0.25) is 19.6 Å². The molecule has 0 aliphatic heterocycles. The van der Waals surface area contributed by atoms with E-state index < -0.39 is 8.32 Å². The van der Waals surface area contributed by atoms with Crippen molar-refractivity contribution >= 4 is 8.32 Å². The predicted molar refractivity (Wildman–Crippen MR) is 73.0 cm³/mol. The summed E-state index contributed by atoms with van der Waals surface area (Å²) in [6.45, 7) is 8.72. The van der Waals surface area contributed by atoms with Crippen LogP contribution < -0.4 is 0 Å². The van der Waals surface area contributed by atoms with Crippen LogP contribution >= 0.6 is 0 Å². The summed E-state index contributed by atoms with van der Waals surface area (Å²) in [5, 5.41) is 0. The van der Waals surface area contributed by atoms with Crippen molar-refractivity contribution in [3.8, 4) is 0 Å². The maximum Gasteiger partial charge on any atom is 0.241 e. The zero-order valence-corrected chi connectivity index (χ0v) is 11.8. The minimum Gasteiger partial charge on any atom is -0.548 e.